The highest BCUT2D eigenvalue weighted by Gasteiger charge is 2.56. The van der Waals surface area contributed by atoms with Gasteiger partial charge < -0.3 is 24.4 Å². The van der Waals surface area contributed by atoms with Crippen molar-refractivity contribution in [2.24, 2.45) is 0 Å². The summed E-state index contributed by atoms with van der Waals surface area (Å²) in [6.45, 7) is 8.92. The second-order valence-electron chi connectivity index (χ2n) is 13.3. The molecule has 5 heterocycles. The number of piperidine rings is 2. The zero-order chi connectivity index (χ0) is 30.0. The minimum absolute atomic E-state index is 0.156. The van der Waals surface area contributed by atoms with E-state index in [1.807, 2.05) is 23.0 Å². The van der Waals surface area contributed by atoms with Gasteiger partial charge in [0.25, 0.3) is 5.91 Å². The number of carbonyl (C=O) groups is 2. The lowest BCUT2D eigenvalue weighted by molar-refractivity contribution is -0.142. The molecule has 1 N–H and O–H groups in total. The lowest BCUT2D eigenvalue weighted by Gasteiger charge is -2.48. The fourth-order valence-corrected chi connectivity index (χ4v) is 8.16. The van der Waals surface area contributed by atoms with E-state index in [0.717, 1.165) is 59.5 Å². The van der Waals surface area contributed by atoms with Gasteiger partial charge in [-0.25, -0.2) is 9.97 Å². The van der Waals surface area contributed by atoms with Crippen molar-refractivity contribution < 1.29 is 14.7 Å². The Bertz CT molecular complexity index is 1560. The largest absolute Gasteiger partial charge is 0.384 e. The van der Waals surface area contributed by atoms with Crippen LogP contribution in [0.25, 0.3) is 22.3 Å². The van der Waals surface area contributed by atoms with Crippen molar-refractivity contribution in [3.63, 3.8) is 0 Å². The first-order valence-electron chi connectivity index (χ1n) is 15.9. The third-order valence-electron chi connectivity index (χ3n) is 10.4. The number of hydrogen-bond acceptors (Lipinski definition) is 6. The van der Waals surface area contributed by atoms with Crippen LogP contribution < -0.4 is 4.90 Å². The number of rotatable bonds is 5. The average molecular weight is 605 g/mol. The summed E-state index contributed by atoms with van der Waals surface area (Å²) in [4.78, 5) is 42.9. The maximum atomic E-state index is 14.5. The van der Waals surface area contributed by atoms with Crippen molar-refractivity contribution in [2.75, 3.05) is 31.1 Å². The van der Waals surface area contributed by atoms with Crippen LogP contribution in [0.1, 0.15) is 77.3 Å². The number of aliphatic hydroxyl groups is 1. The summed E-state index contributed by atoms with van der Waals surface area (Å²) in [5.41, 5.74) is 4.62. The maximum absolute atomic E-state index is 14.5. The van der Waals surface area contributed by atoms with Gasteiger partial charge in [0, 0.05) is 42.5 Å². The Morgan fingerprint density at radius 1 is 1.02 bits per heavy atom. The number of aromatic nitrogens is 3. The number of benzene rings is 1. The van der Waals surface area contributed by atoms with Crippen LogP contribution in [0.3, 0.4) is 0 Å². The molecule has 3 fully saturated rings. The molecular formula is C33H41ClN6O3. The van der Waals surface area contributed by atoms with Gasteiger partial charge in [0.1, 0.15) is 11.6 Å². The summed E-state index contributed by atoms with van der Waals surface area (Å²) in [7, 11) is 0. The predicted octanol–water partition coefficient (Wildman–Crippen LogP) is 4.94. The molecular weight excluding hydrogens is 564 g/mol. The fourth-order valence-electron chi connectivity index (χ4n) is 7.87. The van der Waals surface area contributed by atoms with Crippen molar-refractivity contribution >= 4 is 40.1 Å². The van der Waals surface area contributed by atoms with Crippen LogP contribution in [0.4, 0.5) is 5.69 Å². The van der Waals surface area contributed by atoms with Gasteiger partial charge >= 0.3 is 0 Å². The van der Waals surface area contributed by atoms with Gasteiger partial charge in [-0.1, -0.05) is 30.2 Å². The van der Waals surface area contributed by atoms with Crippen molar-refractivity contribution in [2.45, 2.75) is 95.4 Å². The molecule has 10 heteroatoms. The Hall–Kier alpha value is -3.01. The van der Waals surface area contributed by atoms with Crippen molar-refractivity contribution in [1.82, 2.24) is 24.3 Å². The minimum Gasteiger partial charge on any atom is -0.384 e. The number of hydrogen-bond donors (Lipinski definition) is 1. The summed E-state index contributed by atoms with van der Waals surface area (Å²) in [5.74, 6) is -0.114. The molecule has 3 aliphatic heterocycles. The van der Waals surface area contributed by atoms with Crippen molar-refractivity contribution in [1.29, 1.82) is 0 Å². The lowest BCUT2D eigenvalue weighted by Crippen LogP contribution is -2.58. The van der Waals surface area contributed by atoms with E-state index < -0.39 is 11.5 Å². The quantitative estimate of drug-likeness (QED) is 0.415. The van der Waals surface area contributed by atoms with Gasteiger partial charge in [-0.05, 0) is 90.1 Å². The first-order valence-corrected chi connectivity index (χ1v) is 16.3. The number of likely N-dealkylation sites (tertiary alicyclic amines) is 2. The molecule has 4 aliphatic rings. The predicted molar refractivity (Wildman–Crippen MR) is 167 cm³/mol. The van der Waals surface area contributed by atoms with Crippen LogP contribution in [0, 0.1) is 0 Å². The molecule has 43 heavy (non-hydrogen) atoms. The van der Waals surface area contributed by atoms with Gasteiger partial charge in [-0.2, -0.15) is 0 Å². The standard InChI is InChI=1S/C33H41ClN6O3/c1-20(2)39-19-35-27-18-26(36-30(34)29(27)39)22-7-8-25-28(15-22)40(24-16-23(17-24)37-11-5-4-6-12-37)32(43)33(25)9-13-38(14-10-33)31(42)21(3)41/h7-8,15,18-21,23-24,41H,4-6,9-14,16-17H2,1-3H3/t21-,23-,24+/m1/s1. The maximum Gasteiger partial charge on any atom is 0.251 e. The number of halogens is 1. The molecule has 1 spiro atoms. The Morgan fingerprint density at radius 3 is 2.42 bits per heavy atom. The molecule has 1 saturated carbocycles. The van der Waals surface area contributed by atoms with E-state index in [2.05, 4.69) is 40.8 Å². The lowest BCUT2D eigenvalue weighted by atomic mass is 9.73. The molecule has 1 aromatic carbocycles. The van der Waals surface area contributed by atoms with Crippen LogP contribution in [0.15, 0.2) is 30.6 Å². The zero-order valence-electron chi connectivity index (χ0n) is 25.3. The van der Waals surface area contributed by atoms with E-state index >= 15 is 0 Å². The summed E-state index contributed by atoms with van der Waals surface area (Å²) in [5, 5.41) is 10.3. The number of aliphatic hydroxyl groups excluding tert-OH is 1. The van der Waals surface area contributed by atoms with Crippen LogP contribution in [0.5, 0.6) is 0 Å². The van der Waals surface area contributed by atoms with Gasteiger partial charge in [-0.15, -0.1) is 0 Å². The van der Waals surface area contributed by atoms with E-state index in [-0.39, 0.29) is 23.9 Å². The molecule has 3 aromatic rings. The van der Waals surface area contributed by atoms with E-state index in [1.165, 1.54) is 26.2 Å². The molecule has 1 aliphatic carbocycles. The Kier molecular flexibility index (Phi) is 7.26. The van der Waals surface area contributed by atoms with Gasteiger partial charge in [0.05, 0.1) is 23.0 Å². The third kappa shape index (κ3) is 4.66. The summed E-state index contributed by atoms with van der Waals surface area (Å²) < 4.78 is 2.03. The highest BCUT2D eigenvalue weighted by Crippen LogP contribution is 2.52. The number of pyridine rings is 1. The molecule has 2 amide bonds. The molecule has 0 bridgehead atoms. The van der Waals surface area contributed by atoms with Crippen molar-refractivity contribution in [3.8, 4) is 11.3 Å². The highest BCUT2D eigenvalue weighted by atomic mass is 35.5. The Morgan fingerprint density at radius 2 is 1.74 bits per heavy atom. The van der Waals surface area contributed by atoms with E-state index in [9.17, 15) is 14.7 Å². The molecule has 7 rings (SSSR count). The van der Waals surface area contributed by atoms with Gasteiger partial charge in [-0.3, -0.25) is 9.59 Å². The highest BCUT2D eigenvalue weighted by molar-refractivity contribution is 6.34. The van der Waals surface area contributed by atoms with Crippen LogP contribution in [0.2, 0.25) is 5.15 Å². The Labute approximate surface area is 257 Å². The molecule has 2 aromatic heterocycles. The van der Waals surface area contributed by atoms with E-state index in [4.69, 9.17) is 16.6 Å². The van der Waals surface area contributed by atoms with Crippen LogP contribution in [-0.4, -0.2) is 85.6 Å². The van der Waals surface area contributed by atoms with Crippen LogP contribution >= 0.6 is 11.6 Å². The number of anilines is 1. The molecule has 9 nitrogen and oxygen atoms in total. The van der Waals surface area contributed by atoms with Crippen LogP contribution in [-0.2, 0) is 15.0 Å². The fraction of sp³-hybridized carbons (Fsp3) is 0.576. The topological polar surface area (TPSA) is 94.8 Å². The average Bonchev–Trinajstić information content (AvgIpc) is 3.52. The SMILES string of the molecule is CC(C)n1cnc2cc(-c3ccc4c(c3)N([C@H]3C[C@@H](N5CCCCC5)C3)C(=O)C43CCN(C(=O)[C@@H](C)O)CC3)nc(Cl)c21. The van der Waals surface area contributed by atoms with E-state index in [0.29, 0.717) is 37.1 Å². The first-order chi connectivity index (χ1) is 20.7. The molecule has 2 saturated heterocycles. The van der Waals surface area contributed by atoms with Gasteiger partial charge in [0.2, 0.25) is 5.91 Å². The third-order valence-corrected chi connectivity index (χ3v) is 10.7. The monoisotopic (exact) mass is 604 g/mol. The molecule has 1 atom stereocenters. The smallest absolute Gasteiger partial charge is 0.251 e. The number of carbonyl (C=O) groups excluding carboxylic acids is 2. The number of nitrogens with zero attached hydrogens (tertiary/aromatic N) is 6. The number of fused-ring (bicyclic) bond motifs is 3. The summed E-state index contributed by atoms with van der Waals surface area (Å²) >= 11 is 6.73. The summed E-state index contributed by atoms with van der Waals surface area (Å²) in [6, 6.07) is 9.15. The zero-order valence-corrected chi connectivity index (χ0v) is 26.1. The molecule has 0 radical (unpaired) electrons. The molecule has 0 unspecified atom stereocenters. The van der Waals surface area contributed by atoms with Gasteiger partial charge in [0.15, 0.2) is 5.15 Å². The van der Waals surface area contributed by atoms with E-state index in [1.54, 1.807) is 4.90 Å². The summed E-state index contributed by atoms with van der Waals surface area (Å²) in [6.07, 6.45) is 7.68. The number of imidazole rings is 1. The number of amides is 2. The molecule has 228 valence electrons. The second-order valence-corrected chi connectivity index (χ2v) is 13.6. The van der Waals surface area contributed by atoms with Crippen molar-refractivity contribution in [3.05, 3.63) is 41.3 Å². The normalized spacial score (nSPS) is 24.6. The Balaban J connectivity index is 1.24. The second kappa shape index (κ2) is 10.9. The first kappa shape index (κ1) is 28.7. The minimum atomic E-state index is -1.04.